The van der Waals surface area contributed by atoms with Crippen LogP contribution in [0.15, 0.2) is 24.3 Å². The topological polar surface area (TPSA) is 61.4 Å². The Hall–Kier alpha value is -1.55. The molecule has 0 aliphatic carbocycles. The summed E-state index contributed by atoms with van der Waals surface area (Å²) in [5.74, 6) is 0. The van der Waals surface area contributed by atoms with Crippen molar-refractivity contribution in [2.45, 2.75) is 39.2 Å². The fourth-order valence-corrected chi connectivity index (χ4v) is 1.49. The zero-order valence-electron chi connectivity index (χ0n) is 11.4. The molecule has 1 rings (SSSR count). The lowest BCUT2D eigenvalue weighted by molar-refractivity contribution is 0.229. The minimum atomic E-state index is -0.306. The summed E-state index contributed by atoms with van der Waals surface area (Å²) in [5, 5.41) is 14.2. The Morgan fingerprint density at radius 1 is 1.28 bits per heavy atom. The molecule has 4 heteroatoms. The van der Waals surface area contributed by atoms with E-state index in [1.165, 1.54) is 5.56 Å². The van der Waals surface area contributed by atoms with E-state index in [1.54, 1.807) is 6.92 Å². The van der Waals surface area contributed by atoms with Gasteiger partial charge in [0.15, 0.2) is 0 Å². The van der Waals surface area contributed by atoms with Gasteiger partial charge >= 0.3 is 6.03 Å². The van der Waals surface area contributed by atoms with Crippen LogP contribution >= 0.6 is 0 Å². The van der Waals surface area contributed by atoms with Crippen LogP contribution in [0.25, 0.3) is 0 Å². The van der Waals surface area contributed by atoms with Gasteiger partial charge in [-0.1, -0.05) is 32.9 Å². The quantitative estimate of drug-likeness (QED) is 0.771. The third-order valence-electron chi connectivity index (χ3n) is 2.66. The normalized spacial score (nSPS) is 12.9. The van der Waals surface area contributed by atoms with E-state index < -0.39 is 0 Å². The molecule has 0 saturated heterocycles. The molecule has 0 aromatic heterocycles. The molecule has 100 valence electrons. The standard InChI is InChI=1S/C14H22N2O2/c1-10(9-17)15-13(18)16-12-7-5-11(6-8-12)14(2,3)4/h5-8,10,17H,9H2,1-4H3,(H2,15,16,18)/t10-/m1/s1. The van der Waals surface area contributed by atoms with E-state index in [4.69, 9.17) is 5.11 Å². The van der Waals surface area contributed by atoms with E-state index in [1.807, 2.05) is 24.3 Å². The molecule has 0 spiro atoms. The van der Waals surface area contributed by atoms with E-state index >= 15 is 0 Å². The van der Waals surface area contributed by atoms with Crippen molar-refractivity contribution in [1.29, 1.82) is 0 Å². The first kappa shape index (κ1) is 14.5. The number of carbonyl (C=O) groups is 1. The molecular formula is C14H22N2O2. The van der Waals surface area contributed by atoms with Crippen LogP contribution in [-0.4, -0.2) is 23.8 Å². The molecule has 1 aromatic rings. The van der Waals surface area contributed by atoms with Crippen LogP contribution in [0, 0.1) is 0 Å². The van der Waals surface area contributed by atoms with Crippen molar-refractivity contribution >= 4 is 11.7 Å². The minimum Gasteiger partial charge on any atom is -0.394 e. The monoisotopic (exact) mass is 250 g/mol. The van der Waals surface area contributed by atoms with Crippen LogP contribution in [0.5, 0.6) is 0 Å². The molecule has 1 aromatic carbocycles. The Bertz CT molecular complexity index is 393. The largest absolute Gasteiger partial charge is 0.394 e. The molecule has 0 aliphatic heterocycles. The molecule has 1 atom stereocenters. The molecule has 0 radical (unpaired) electrons. The average Bonchev–Trinajstić information content (AvgIpc) is 2.28. The van der Waals surface area contributed by atoms with Gasteiger partial charge in [0.05, 0.1) is 12.6 Å². The van der Waals surface area contributed by atoms with Gasteiger partial charge in [0.2, 0.25) is 0 Å². The first-order valence-electron chi connectivity index (χ1n) is 6.12. The summed E-state index contributed by atoms with van der Waals surface area (Å²) in [4.78, 5) is 11.5. The van der Waals surface area contributed by atoms with E-state index in [2.05, 4.69) is 31.4 Å². The molecule has 0 bridgehead atoms. The fourth-order valence-electron chi connectivity index (χ4n) is 1.49. The highest BCUT2D eigenvalue weighted by Crippen LogP contribution is 2.23. The number of urea groups is 1. The molecule has 0 aliphatic rings. The molecule has 4 nitrogen and oxygen atoms in total. The predicted molar refractivity (Wildman–Crippen MR) is 73.8 cm³/mol. The van der Waals surface area contributed by atoms with Gasteiger partial charge in [-0.3, -0.25) is 0 Å². The van der Waals surface area contributed by atoms with Crippen LogP contribution in [0.4, 0.5) is 10.5 Å². The van der Waals surface area contributed by atoms with Crippen molar-refractivity contribution in [2.24, 2.45) is 0 Å². The van der Waals surface area contributed by atoms with E-state index in [0.717, 1.165) is 5.69 Å². The van der Waals surface area contributed by atoms with Crippen LogP contribution in [-0.2, 0) is 5.41 Å². The number of amides is 2. The third kappa shape index (κ3) is 4.37. The number of hydrogen-bond donors (Lipinski definition) is 3. The number of anilines is 1. The zero-order valence-corrected chi connectivity index (χ0v) is 11.4. The lowest BCUT2D eigenvalue weighted by Crippen LogP contribution is -2.38. The first-order chi connectivity index (χ1) is 8.32. The highest BCUT2D eigenvalue weighted by Gasteiger charge is 2.13. The van der Waals surface area contributed by atoms with Crippen LogP contribution < -0.4 is 10.6 Å². The van der Waals surface area contributed by atoms with Crippen molar-refractivity contribution in [3.63, 3.8) is 0 Å². The summed E-state index contributed by atoms with van der Waals surface area (Å²) in [6.07, 6.45) is 0. The number of hydrogen-bond acceptors (Lipinski definition) is 2. The lowest BCUT2D eigenvalue weighted by atomic mass is 9.87. The number of aliphatic hydroxyl groups is 1. The van der Waals surface area contributed by atoms with E-state index in [-0.39, 0.29) is 24.1 Å². The Morgan fingerprint density at radius 2 is 1.83 bits per heavy atom. The maximum atomic E-state index is 11.5. The lowest BCUT2D eigenvalue weighted by Gasteiger charge is -2.19. The molecule has 0 unspecified atom stereocenters. The van der Waals surface area contributed by atoms with Gasteiger partial charge in [-0.25, -0.2) is 4.79 Å². The second-order valence-electron chi connectivity index (χ2n) is 5.51. The van der Waals surface area contributed by atoms with Crippen molar-refractivity contribution in [3.05, 3.63) is 29.8 Å². The number of rotatable bonds is 3. The van der Waals surface area contributed by atoms with E-state index in [0.29, 0.717) is 0 Å². The summed E-state index contributed by atoms with van der Waals surface area (Å²) in [7, 11) is 0. The molecule has 0 fully saturated rings. The van der Waals surface area contributed by atoms with Gasteiger partial charge in [0.1, 0.15) is 0 Å². The molecule has 0 saturated carbocycles. The van der Waals surface area contributed by atoms with Crippen LogP contribution in [0.2, 0.25) is 0 Å². The van der Waals surface area contributed by atoms with Crippen molar-refractivity contribution in [1.82, 2.24) is 5.32 Å². The Balaban J connectivity index is 2.61. The third-order valence-corrected chi connectivity index (χ3v) is 2.66. The summed E-state index contributed by atoms with van der Waals surface area (Å²) < 4.78 is 0. The SMILES string of the molecule is C[C@H](CO)NC(=O)Nc1ccc(C(C)(C)C)cc1. The second kappa shape index (κ2) is 5.87. The molecule has 18 heavy (non-hydrogen) atoms. The van der Waals surface area contributed by atoms with Crippen molar-refractivity contribution in [2.75, 3.05) is 11.9 Å². The average molecular weight is 250 g/mol. The summed E-state index contributed by atoms with van der Waals surface area (Å²) in [6.45, 7) is 8.10. The Kier molecular flexibility index (Phi) is 4.73. The van der Waals surface area contributed by atoms with Gasteiger partial charge in [0, 0.05) is 5.69 Å². The van der Waals surface area contributed by atoms with Gasteiger partial charge in [-0.15, -0.1) is 0 Å². The zero-order chi connectivity index (χ0) is 13.8. The maximum Gasteiger partial charge on any atom is 0.319 e. The van der Waals surface area contributed by atoms with Crippen LogP contribution in [0.1, 0.15) is 33.3 Å². The molecule has 0 heterocycles. The highest BCUT2D eigenvalue weighted by atomic mass is 16.3. The van der Waals surface area contributed by atoms with E-state index in [9.17, 15) is 4.79 Å². The fraction of sp³-hybridized carbons (Fsp3) is 0.500. The number of aliphatic hydroxyl groups excluding tert-OH is 1. The van der Waals surface area contributed by atoms with Gasteiger partial charge in [-0.2, -0.15) is 0 Å². The Morgan fingerprint density at radius 3 is 2.28 bits per heavy atom. The number of benzene rings is 1. The predicted octanol–water partition coefficient (Wildman–Crippen LogP) is 2.49. The van der Waals surface area contributed by atoms with Gasteiger partial charge < -0.3 is 15.7 Å². The second-order valence-corrected chi connectivity index (χ2v) is 5.51. The number of nitrogens with one attached hydrogen (secondary N) is 2. The van der Waals surface area contributed by atoms with Gasteiger partial charge in [0.25, 0.3) is 0 Å². The first-order valence-corrected chi connectivity index (χ1v) is 6.12. The van der Waals surface area contributed by atoms with Crippen molar-refractivity contribution in [3.8, 4) is 0 Å². The van der Waals surface area contributed by atoms with Crippen molar-refractivity contribution < 1.29 is 9.90 Å². The molecule has 3 N–H and O–H groups in total. The summed E-state index contributed by atoms with van der Waals surface area (Å²) in [5.41, 5.74) is 2.06. The highest BCUT2D eigenvalue weighted by molar-refractivity contribution is 5.89. The number of carbonyl (C=O) groups excluding carboxylic acids is 1. The van der Waals surface area contributed by atoms with Gasteiger partial charge in [-0.05, 0) is 30.0 Å². The summed E-state index contributed by atoms with van der Waals surface area (Å²) >= 11 is 0. The van der Waals surface area contributed by atoms with Crippen LogP contribution in [0.3, 0.4) is 0 Å². The molecular weight excluding hydrogens is 228 g/mol. The smallest absolute Gasteiger partial charge is 0.319 e. The minimum absolute atomic E-state index is 0.0730. The maximum absolute atomic E-state index is 11.5. The molecule has 2 amide bonds. The summed E-state index contributed by atoms with van der Waals surface area (Å²) in [6, 6.07) is 7.21. The Labute approximate surface area is 108 Å².